The Kier molecular flexibility index (Phi) is 5.55. The summed E-state index contributed by atoms with van der Waals surface area (Å²) in [5, 5.41) is 28.8. The number of Topliss-reactive ketones (excluding diaryl/α,β-unsaturated/α-hetero) is 1. The second-order valence-electron chi connectivity index (χ2n) is 7.78. The van der Waals surface area contributed by atoms with Gasteiger partial charge in [0, 0.05) is 5.92 Å². The summed E-state index contributed by atoms with van der Waals surface area (Å²) in [4.78, 5) is 34.5. The highest BCUT2D eigenvalue weighted by molar-refractivity contribution is 6.40. The van der Waals surface area contributed by atoms with E-state index < -0.39 is 40.4 Å². The zero-order valence-corrected chi connectivity index (χ0v) is 16.8. The van der Waals surface area contributed by atoms with Crippen molar-refractivity contribution in [3.63, 3.8) is 0 Å². The van der Waals surface area contributed by atoms with Crippen LogP contribution in [0, 0.1) is 39.9 Å². The lowest BCUT2D eigenvalue weighted by Gasteiger charge is -2.22. The van der Waals surface area contributed by atoms with E-state index >= 15 is 0 Å². The van der Waals surface area contributed by atoms with Crippen LogP contribution in [0.1, 0.15) is 25.3 Å². The van der Waals surface area contributed by atoms with Crippen LogP contribution in [0.4, 0.5) is 0 Å². The molecule has 1 unspecified atom stereocenters. The first-order valence-corrected chi connectivity index (χ1v) is 9.41. The molecular weight excluding hydrogens is 398 g/mol. The molecule has 1 aliphatic rings. The maximum atomic E-state index is 12.4. The summed E-state index contributed by atoms with van der Waals surface area (Å²) in [6.07, 6.45) is 0. The third-order valence-corrected chi connectivity index (χ3v) is 5.79. The van der Waals surface area contributed by atoms with E-state index in [0.29, 0.717) is 17.1 Å². The van der Waals surface area contributed by atoms with Crippen LogP contribution < -0.4 is 4.74 Å². The van der Waals surface area contributed by atoms with Crippen molar-refractivity contribution in [2.45, 2.75) is 19.8 Å². The van der Waals surface area contributed by atoms with Crippen molar-refractivity contribution in [1.82, 2.24) is 0 Å². The Morgan fingerprint density at radius 1 is 1.03 bits per heavy atom. The molecule has 2 aromatic rings. The topological polar surface area (TPSA) is 125 Å². The van der Waals surface area contributed by atoms with Crippen LogP contribution in [-0.2, 0) is 14.4 Å². The predicted octanol–water partition coefficient (Wildman–Crippen LogP) is 3.47. The highest BCUT2D eigenvalue weighted by Crippen LogP contribution is 2.74. The maximum Gasteiger partial charge on any atom is 0.385 e. The second-order valence-corrected chi connectivity index (χ2v) is 7.78. The fourth-order valence-corrected chi connectivity index (χ4v) is 4.16. The fourth-order valence-electron chi connectivity index (χ4n) is 4.16. The van der Waals surface area contributed by atoms with Gasteiger partial charge in [-0.2, -0.15) is 5.26 Å². The average Bonchev–Trinajstić information content (AvgIpc) is 3.23. The van der Waals surface area contributed by atoms with E-state index in [2.05, 4.69) is 12.0 Å². The fraction of sp³-hybridized carbons (Fsp3) is 0.250. The highest BCUT2D eigenvalue weighted by Gasteiger charge is 2.79. The molecule has 0 amide bonds. The van der Waals surface area contributed by atoms with Gasteiger partial charge in [-0.05, 0) is 41.2 Å². The summed E-state index contributed by atoms with van der Waals surface area (Å²) in [6.45, 7) is 3.28. The average molecular weight is 417 g/mol. The molecule has 0 radical (unpaired) electrons. The molecule has 0 spiro atoms. The van der Waals surface area contributed by atoms with Crippen molar-refractivity contribution in [2.75, 3.05) is 0 Å². The number of benzene rings is 2. The van der Waals surface area contributed by atoms with Gasteiger partial charge in [-0.1, -0.05) is 50.1 Å². The van der Waals surface area contributed by atoms with E-state index in [1.807, 2.05) is 24.1 Å². The standard InChI is InChI=1S/C24H19NO6/c1-23(2)20(12-11-19(26)21(27)28)24(23,22(29)30)18(14-25)15-7-6-10-17(13-15)31-16-8-4-3-5-9-16/h3-10,13,18,20H,1-2H3,(H,27,28)(H,29,30)/t18?,20-,24+/m0/s1. The molecule has 2 aromatic carbocycles. The summed E-state index contributed by atoms with van der Waals surface area (Å²) >= 11 is 0. The normalized spacial score (nSPS) is 21.5. The second kappa shape index (κ2) is 7.97. The first kappa shape index (κ1) is 21.6. The van der Waals surface area contributed by atoms with E-state index in [9.17, 15) is 24.8 Å². The van der Waals surface area contributed by atoms with Crippen molar-refractivity contribution < 1.29 is 29.3 Å². The zero-order chi connectivity index (χ0) is 22.8. The number of carboxylic acids is 2. The number of aliphatic carboxylic acids is 2. The van der Waals surface area contributed by atoms with Gasteiger partial charge >= 0.3 is 17.7 Å². The van der Waals surface area contributed by atoms with Crippen molar-refractivity contribution in [3.05, 3.63) is 60.2 Å². The van der Waals surface area contributed by atoms with Crippen LogP contribution in [0.5, 0.6) is 11.5 Å². The molecular formula is C24H19NO6. The summed E-state index contributed by atoms with van der Waals surface area (Å²) in [7, 11) is 0. The smallest absolute Gasteiger partial charge is 0.385 e. The summed E-state index contributed by atoms with van der Waals surface area (Å²) in [5.74, 6) is -0.741. The van der Waals surface area contributed by atoms with Crippen molar-refractivity contribution in [1.29, 1.82) is 5.26 Å². The van der Waals surface area contributed by atoms with Crippen LogP contribution >= 0.6 is 0 Å². The molecule has 7 heteroatoms. The minimum Gasteiger partial charge on any atom is -0.481 e. The molecule has 1 aliphatic carbocycles. The lowest BCUT2D eigenvalue weighted by Crippen LogP contribution is -2.28. The molecule has 0 aliphatic heterocycles. The van der Waals surface area contributed by atoms with Crippen LogP contribution in [0.3, 0.4) is 0 Å². The van der Waals surface area contributed by atoms with E-state index in [1.165, 1.54) is 0 Å². The number of nitriles is 1. The number of rotatable bonds is 6. The molecule has 7 nitrogen and oxygen atoms in total. The van der Waals surface area contributed by atoms with Crippen LogP contribution in [0.15, 0.2) is 54.6 Å². The Balaban J connectivity index is 2.00. The number of ether oxygens (including phenoxy) is 1. The molecule has 0 heterocycles. The van der Waals surface area contributed by atoms with E-state index in [-0.39, 0.29) is 0 Å². The van der Waals surface area contributed by atoms with E-state index in [4.69, 9.17) is 9.84 Å². The molecule has 1 saturated carbocycles. The molecule has 0 aromatic heterocycles. The van der Waals surface area contributed by atoms with E-state index in [0.717, 1.165) is 0 Å². The van der Waals surface area contributed by atoms with Gasteiger partial charge in [-0.15, -0.1) is 0 Å². The number of para-hydroxylation sites is 1. The molecule has 3 atom stereocenters. The monoisotopic (exact) mass is 417 g/mol. The Hall–Kier alpha value is -4.10. The molecule has 0 bridgehead atoms. The molecule has 2 N–H and O–H groups in total. The minimum absolute atomic E-state index is 0.431. The Labute approximate surface area is 178 Å². The predicted molar refractivity (Wildman–Crippen MR) is 109 cm³/mol. The number of nitrogens with zero attached hydrogens (tertiary/aromatic N) is 1. The Bertz CT molecular complexity index is 1150. The SMILES string of the molecule is CC1(C)[C@H](C#CC(=O)C(=O)O)[C@@]1(C(=O)O)C(C#N)c1cccc(Oc2ccccc2)c1. The summed E-state index contributed by atoms with van der Waals surface area (Å²) in [5.41, 5.74) is -2.15. The van der Waals surface area contributed by atoms with Gasteiger partial charge in [-0.25, -0.2) is 4.79 Å². The van der Waals surface area contributed by atoms with Crippen LogP contribution in [0.2, 0.25) is 0 Å². The van der Waals surface area contributed by atoms with Gasteiger partial charge in [0.2, 0.25) is 0 Å². The molecule has 156 valence electrons. The Morgan fingerprint density at radius 3 is 2.26 bits per heavy atom. The minimum atomic E-state index is -1.71. The van der Waals surface area contributed by atoms with Gasteiger partial charge in [0.25, 0.3) is 0 Å². The quantitative estimate of drug-likeness (QED) is 0.419. The van der Waals surface area contributed by atoms with Crippen LogP contribution in [-0.4, -0.2) is 27.9 Å². The highest BCUT2D eigenvalue weighted by atomic mass is 16.5. The van der Waals surface area contributed by atoms with Gasteiger partial charge in [0.1, 0.15) is 16.9 Å². The number of hydrogen-bond donors (Lipinski definition) is 2. The molecule has 1 fully saturated rings. The Morgan fingerprint density at radius 2 is 1.68 bits per heavy atom. The number of carbonyl (C=O) groups excluding carboxylic acids is 1. The van der Waals surface area contributed by atoms with E-state index in [1.54, 1.807) is 50.2 Å². The van der Waals surface area contributed by atoms with Crippen molar-refractivity contribution >= 4 is 17.7 Å². The van der Waals surface area contributed by atoms with Gasteiger partial charge in [-0.3, -0.25) is 9.59 Å². The molecule has 31 heavy (non-hydrogen) atoms. The zero-order valence-electron chi connectivity index (χ0n) is 16.8. The first-order valence-electron chi connectivity index (χ1n) is 9.41. The van der Waals surface area contributed by atoms with Crippen molar-refractivity contribution in [2.24, 2.45) is 16.7 Å². The number of carboxylic acid groups (broad SMARTS) is 2. The lowest BCUT2D eigenvalue weighted by atomic mass is 9.78. The molecule has 3 rings (SSSR count). The summed E-state index contributed by atoms with van der Waals surface area (Å²) < 4.78 is 5.80. The number of carbonyl (C=O) groups is 3. The van der Waals surface area contributed by atoms with Crippen molar-refractivity contribution in [3.8, 4) is 29.4 Å². The first-order chi connectivity index (χ1) is 14.7. The summed E-state index contributed by atoms with van der Waals surface area (Å²) in [6, 6.07) is 17.7. The number of ketones is 1. The lowest BCUT2D eigenvalue weighted by molar-refractivity contribution is -0.146. The third kappa shape index (κ3) is 3.62. The third-order valence-electron chi connectivity index (χ3n) is 5.79. The number of hydrogen-bond acceptors (Lipinski definition) is 5. The maximum absolute atomic E-state index is 12.4. The largest absolute Gasteiger partial charge is 0.481 e. The van der Waals surface area contributed by atoms with Crippen LogP contribution in [0.25, 0.3) is 0 Å². The van der Waals surface area contributed by atoms with Gasteiger partial charge in [0.05, 0.1) is 12.0 Å². The molecule has 0 saturated heterocycles. The van der Waals surface area contributed by atoms with Gasteiger partial charge < -0.3 is 14.9 Å². The van der Waals surface area contributed by atoms with Gasteiger partial charge in [0.15, 0.2) is 0 Å².